The lowest BCUT2D eigenvalue weighted by molar-refractivity contribution is -0.141. The summed E-state index contributed by atoms with van der Waals surface area (Å²) in [6, 6.07) is 4.01. The lowest BCUT2D eigenvalue weighted by Crippen LogP contribution is -2.58. The molecule has 0 saturated carbocycles. The third-order valence-electron chi connectivity index (χ3n) is 4.16. The molecule has 11 nitrogen and oxygen atoms in total. The van der Waals surface area contributed by atoms with E-state index in [4.69, 9.17) is 16.6 Å². The summed E-state index contributed by atoms with van der Waals surface area (Å²) in [6.07, 6.45) is -0.486. The highest BCUT2D eigenvalue weighted by molar-refractivity contribution is 7.80. The van der Waals surface area contributed by atoms with Crippen molar-refractivity contribution < 1.29 is 29.1 Å². The number of primary amides is 1. The highest BCUT2D eigenvalue weighted by Crippen LogP contribution is 2.05. The van der Waals surface area contributed by atoms with Gasteiger partial charge in [-0.25, -0.2) is 4.79 Å². The standard InChI is InChI=1S/C19H27N5O6S/c1-10(20)16(26)22-12(7-11-5-3-2-4-6-11)17(27)23-13(8-15(21)25)18(28)24-14(9-31)19(29)30/h2-6,10,12-14,31H,7-9,20H2,1H3,(H2,21,25)(H,22,26)(H,23,27)(H,24,28)(H,29,30). The van der Waals surface area contributed by atoms with Gasteiger partial charge >= 0.3 is 5.97 Å². The molecule has 4 amide bonds. The Morgan fingerprint density at radius 3 is 1.94 bits per heavy atom. The zero-order chi connectivity index (χ0) is 23.6. The highest BCUT2D eigenvalue weighted by Gasteiger charge is 2.30. The Labute approximate surface area is 184 Å². The molecule has 0 spiro atoms. The average Bonchev–Trinajstić information content (AvgIpc) is 2.70. The minimum atomic E-state index is -1.45. The third kappa shape index (κ3) is 9.05. The number of amides is 4. The van der Waals surface area contributed by atoms with Crippen LogP contribution in [0.15, 0.2) is 30.3 Å². The maximum atomic E-state index is 12.9. The monoisotopic (exact) mass is 453 g/mol. The van der Waals surface area contributed by atoms with Gasteiger partial charge in [0.25, 0.3) is 0 Å². The van der Waals surface area contributed by atoms with Crippen LogP contribution < -0.4 is 27.4 Å². The molecule has 1 aromatic rings. The van der Waals surface area contributed by atoms with E-state index in [1.165, 1.54) is 6.92 Å². The van der Waals surface area contributed by atoms with Crippen molar-refractivity contribution in [1.82, 2.24) is 16.0 Å². The lowest BCUT2D eigenvalue weighted by atomic mass is 10.0. The number of thiol groups is 1. The van der Waals surface area contributed by atoms with E-state index < -0.39 is 60.2 Å². The average molecular weight is 454 g/mol. The van der Waals surface area contributed by atoms with E-state index in [2.05, 4.69) is 28.6 Å². The second-order valence-electron chi connectivity index (χ2n) is 6.85. The molecule has 1 aromatic carbocycles. The summed E-state index contributed by atoms with van der Waals surface area (Å²) in [6.45, 7) is 1.44. The molecule has 0 aliphatic rings. The summed E-state index contributed by atoms with van der Waals surface area (Å²) >= 11 is 3.85. The van der Waals surface area contributed by atoms with Crippen molar-refractivity contribution >= 4 is 42.2 Å². The molecular formula is C19H27N5O6S. The minimum absolute atomic E-state index is 0.0877. The Morgan fingerprint density at radius 1 is 0.935 bits per heavy atom. The molecule has 12 heteroatoms. The molecule has 0 bridgehead atoms. The Balaban J connectivity index is 3.04. The summed E-state index contributed by atoms with van der Waals surface area (Å²) in [7, 11) is 0. The summed E-state index contributed by atoms with van der Waals surface area (Å²) in [5, 5.41) is 16.1. The number of carboxylic acid groups (broad SMARTS) is 1. The fourth-order valence-corrected chi connectivity index (χ4v) is 2.75. The summed E-state index contributed by atoms with van der Waals surface area (Å²) < 4.78 is 0. The number of benzene rings is 1. The molecule has 4 unspecified atom stereocenters. The van der Waals surface area contributed by atoms with E-state index >= 15 is 0 Å². The summed E-state index contributed by atoms with van der Waals surface area (Å²) in [5.41, 5.74) is 11.4. The first kappa shape index (κ1) is 25.9. The van der Waals surface area contributed by atoms with Gasteiger partial charge in [0.1, 0.15) is 18.1 Å². The second-order valence-corrected chi connectivity index (χ2v) is 7.22. The van der Waals surface area contributed by atoms with Gasteiger partial charge < -0.3 is 32.5 Å². The Kier molecular flexibility index (Phi) is 10.5. The molecule has 31 heavy (non-hydrogen) atoms. The maximum absolute atomic E-state index is 12.9. The molecular weight excluding hydrogens is 426 g/mol. The van der Waals surface area contributed by atoms with E-state index in [1.807, 2.05) is 0 Å². The van der Waals surface area contributed by atoms with Crippen LogP contribution >= 0.6 is 12.6 Å². The Bertz CT molecular complexity index is 804. The van der Waals surface area contributed by atoms with Crippen LogP contribution in [0.5, 0.6) is 0 Å². The first-order chi connectivity index (χ1) is 14.5. The van der Waals surface area contributed by atoms with Gasteiger partial charge in [0, 0.05) is 12.2 Å². The number of nitrogens with two attached hydrogens (primary N) is 2. The molecule has 0 fully saturated rings. The highest BCUT2D eigenvalue weighted by atomic mass is 32.1. The van der Waals surface area contributed by atoms with Crippen LogP contribution in [-0.4, -0.2) is 64.6 Å². The van der Waals surface area contributed by atoms with Gasteiger partial charge in [0.2, 0.25) is 23.6 Å². The second kappa shape index (κ2) is 12.5. The minimum Gasteiger partial charge on any atom is -0.480 e. The van der Waals surface area contributed by atoms with Crippen molar-refractivity contribution in [3.05, 3.63) is 35.9 Å². The smallest absolute Gasteiger partial charge is 0.327 e. The quantitative estimate of drug-likeness (QED) is 0.176. The number of aliphatic carboxylic acids is 1. The molecule has 4 atom stereocenters. The molecule has 8 N–H and O–H groups in total. The molecule has 0 heterocycles. The van der Waals surface area contributed by atoms with Crippen molar-refractivity contribution in [3.63, 3.8) is 0 Å². The predicted molar refractivity (Wildman–Crippen MR) is 115 cm³/mol. The van der Waals surface area contributed by atoms with Gasteiger partial charge in [-0.05, 0) is 12.5 Å². The number of carboxylic acids is 1. The maximum Gasteiger partial charge on any atom is 0.327 e. The van der Waals surface area contributed by atoms with Crippen molar-refractivity contribution in [2.75, 3.05) is 5.75 Å². The van der Waals surface area contributed by atoms with Crippen LogP contribution in [0, 0.1) is 0 Å². The van der Waals surface area contributed by atoms with E-state index in [9.17, 15) is 24.0 Å². The number of carbonyl (C=O) groups is 5. The predicted octanol–water partition coefficient (Wildman–Crippen LogP) is -2.08. The molecule has 170 valence electrons. The summed E-state index contributed by atoms with van der Waals surface area (Å²) in [5.74, 6) is -4.72. The fraction of sp³-hybridized carbons (Fsp3) is 0.421. The molecule has 0 radical (unpaired) electrons. The number of carbonyl (C=O) groups excluding carboxylic acids is 4. The first-order valence-electron chi connectivity index (χ1n) is 9.37. The van der Waals surface area contributed by atoms with Gasteiger partial charge in [-0.3, -0.25) is 19.2 Å². The SMILES string of the molecule is CC(N)C(=O)NC(Cc1ccccc1)C(=O)NC(CC(N)=O)C(=O)NC(CS)C(=O)O. The van der Waals surface area contributed by atoms with Gasteiger partial charge in [-0.15, -0.1) is 0 Å². The number of rotatable bonds is 12. The van der Waals surface area contributed by atoms with Crippen LogP contribution in [0.3, 0.4) is 0 Å². The number of nitrogens with one attached hydrogen (secondary N) is 3. The van der Waals surface area contributed by atoms with Crippen molar-refractivity contribution in [2.45, 2.75) is 43.9 Å². The normalized spacial score (nSPS) is 14.4. The molecule has 0 aliphatic heterocycles. The van der Waals surface area contributed by atoms with Crippen LogP contribution in [0.2, 0.25) is 0 Å². The zero-order valence-electron chi connectivity index (χ0n) is 16.9. The van der Waals surface area contributed by atoms with Gasteiger partial charge in [-0.1, -0.05) is 30.3 Å². The van der Waals surface area contributed by atoms with E-state index in [1.54, 1.807) is 30.3 Å². The van der Waals surface area contributed by atoms with Crippen LogP contribution in [0.1, 0.15) is 18.9 Å². The molecule has 0 saturated heterocycles. The van der Waals surface area contributed by atoms with E-state index in [-0.39, 0.29) is 12.2 Å². The third-order valence-corrected chi connectivity index (χ3v) is 4.53. The molecule has 1 rings (SSSR count). The van der Waals surface area contributed by atoms with Crippen molar-refractivity contribution in [2.24, 2.45) is 11.5 Å². The lowest BCUT2D eigenvalue weighted by Gasteiger charge is -2.24. The van der Waals surface area contributed by atoms with Crippen LogP contribution in [0.4, 0.5) is 0 Å². The van der Waals surface area contributed by atoms with E-state index in [0.29, 0.717) is 0 Å². The van der Waals surface area contributed by atoms with Gasteiger partial charge in [0.15, 0.2) is 0 Å². The first-order valence-corrected chi connectivity index (χ1v) is 10.0. The van der Waals surface area contributed by atoms with Crippen LogP contribution in [-0.2, 0) is 30.4 Å². The van der Waals surface area contributed by atoms with E-state index in [0.717, 1.165) is 5.56 Å². The molecule has 0 aromatic heterocycles. The van der Waals surface area contributed by atoms with Gasteiger partial charge in [-0.2, -0.15) is 12.6 Å². The number of hydrogen-bond acceptors (Lipinski definition) is 7. The molecule has 0 aliphatic carbocycles. The largest absolute Gasteiger partial charge is 0.480 e. The Hall–Kier alpha value is -3.12. The number of hydrogen-bond donors (Lipinski definition) is 7. The van der Waals surface area contributed by atoms with Crippen LogP contribution in [0.25, 0.3) is 0 Å². The topological polar surface area (TPSA) is 194 Å². The van der Waals surface area contributed by atoms with Crippen molar-refractivity contribution in [1.29, 1.82) is 0 Å². The Morgan fingerprint density at radius 2 is 1.45 bits per heavy atom. The fourth-order valence-electron chi connectivity index (χ4n) is 2.50. The van der Waals surface area contributed by atoms with Crippen molar-refractivity contribution in [3.8, 4) is 0 Å². The zero-order valence-corrected chi connectivity index (χ0v) is 17.8. The van der Waals surface area contributed by atoms with Gasteiger partial charge in [0.05, 0.1) is 12.5 Å². The summed E-state index contributed by atoms with van der Waals surface area (Å²) in [4.78, 5) is 59.9.